The number of piperidine rings is 1. The predicted octanol–water partition coefficient (Wildman–Crippen LogP) is 0.351. The molecule has 0 aliphatic carbocycles. The third-order valence-electron chi connectivity index (χ3n) is 2.84. The van der Waals surface area contributed by atoms with Crippen LogP contribution in [-0.4, -0.2) is 49.7 Å². The highest BCUT2D eigenvalue weighted by Gasteiger charge is 2.26. The second kappa shape index (κ2) is 5.74. The molecule has 84 valence electrons. The van der Waals surface area contributed by atoms with Gasteiger partial charge in [-0.25, -0.2) is 5.06 Å². The fraction of sp³-hybridized carbons (Fsp3) is 0.727. The maximum atomic E-state index is 11.7. The zero-order valence-electron chi connectivity index (χ0n) is 9.40. The van der Waals surface area contributed by atoms with Gasteiger partial charge in [-0.15, -0.1) is 6.42 Å². The summed E-state index contributed by atoms with van der Waals surface area (Å²) in [6.45, 7) is 2.48. The maximum absolute atomic E-state index is 11.7. The number of likely N-dealkylation sites (tertiary alicyclic amines) is 1. The number of amides is 1. The van der Waals surface area contributed by atoms with E-state index in [9.17, 15) is 4.79 Å². The number of carbonyl (C=O) groups excluding carboxylic acids is 1. The summed E-state index contributed by atoms with van der Waals surface area (Å²) in [4.78, 5) is 18.8. The zero-order chi connectivity index (χ0) is 11.3. The second-order valence-electron chi connectivity index (χ2n) is 3.77. The molecule has 0 aromatic rings. The molecule has 1 rings (SSSR count). The van der Waals surface area contributed by atoms with Crippen LogP contribution >= 0.6 is 0 Å². The van der Waals surface area contributed by atoms with Gasteiger partial charge < -0.3 is 0 Å². The van der Waals surface area contributed by atoms with Crippen molar-refractivity contribution in [2.75, 3.05) is 33.8 Å². The van der Waals surface area contributed by atoms with Crippen molar-refractivity contribution < 1.29 is 9.63 Å². The minimum Gasteiger partial charge on any atom is -0.292 e. The summed E-state index contributed by atoms with van der Waals surface area (Å²) in [6.07, 6.45) is 6.98. The summed E-state index contributed by atoms with van der Waals surface area (Å²) in [5.41, 5.74) is 0. The number of hydrogen-bond acceptors (Lipinski definition) is 3. The summed E-state index contributed by atoms with van der Waals surface area (Å²) < 4.78 is 0. The third kappa shape index (κ3) is 3.22. The number of nitrogens with zero attached hydrogens (tertiary/aromatic N) is 2. The molecule has 0 radical (unpaired) electrons. The highest BCUT2D eigenvalue weighted by molar-refractivity contribution is 5.77. The number of terminal acetylenes is 1. The molecule has 1 aliphatic heterocycles. The smallest absolute Gasteiger partial charge is 0.249 e. The Labute approximate surface area is 91.1 Å². The summed E-state index contributed by atoms with van der Waals surface area (Å²) in [5, 5.41) is 1.31. The van der Waals surface area contributed by atoms with Crippen LogP contribution in [0.15, 0.2) is 0 Å². The van der Waals surface area contributed by atoms with Gasteiger partial charge in [-0.1, -0.05) is 5.92 Å². The zero-order valence-corrected chi connectivity index (χ0v) is 9.40. The standard InChI is InChI=1S/C11H18N2O2/c1-4-7-13-8-5-10(6-9-13)11(14)12(2)15-3/h1,10H,5-9H2,2-3H3. The van der Waals surface area contributed by atoms with Gasteiger partial charge in [-0.05, 0) is 25.9 Å². The Morgan fingerprint density at radius 3 is 2.67 bits per heavy atom. The average Bonchev–Trinajstić information content (AvgIpc) is 2.28. The Morgan fingerprint density at radius 1 is 1.60 bits per heavy atom. The van der Waals surface area contributed by atoms with Crippen molar-refractivity contribution >= 4 is 5.91 Å². The number of carbonyl (C=O) groups is 1. The fourth-order valence-electron chi connectivity index (χ4n) is 1.81. The molecule has 4 heteroatoms. The molecule has 0 spiro atoms. The van der Waals surface area contributed by atoms with E-state index >= 15 is 0 Å². The van der Waals surface area contributed by atoms with E-state index in [4.69, 9.17) is 11.3 Å². The van der Waals surface area contributed by atoms with Crippen LogP contribution in [0.4, 0.5) is 0 Å². The van der Waals surface area contributed by atoms with Crippen molar-refractivity contribution in [3.8, 4) is 12.3 Å². The van der Waals surface area contributed by atoms with Crippen molar-refractivity contribution in [2.24, 2.45) is 5.92 Å². The lowest BCUT2D eigenvalue weighted by molar-refractivity contribution is -0.174. The van der Waals surface area contributed by atoms with Gasteiger partial charge >= 0.3 is 0 Å². The quantitative estimate of drug-likeness (QED) is 0.498. The summed E-state index contributed by atoms with van der Waals surface area (Å²) in [6, 6.07) is 0. The Balaban J connectivity index is 2.37. The third-order valence-corrected chi connectivity index (χ3v) is 2.84. The van der Waals surface area contributed by atoms with E-state index in [2.05, 4.69) is 10.8 Å². The molecule has 1 aliphatic rings. The molecule has 0 atom stereocenters. The second-order valence-corrected chi connectivity index (χ2v) is 3.77. The van der Waals surface area contributed by atoms with Gasteiger partial charge in [0.05, 0.1) is 13.7 Å². The van der Waals surface area contributed by atoms with Crippen LogP contribution in [0.2, 0.25) is 0 Å². The Morgan fingerprint density at radius 2 is 2.20 bits per heavy atom. The average molecular weight is 210 g/mol. The van der Waals surface area contributed by atoms with Gasteiger partial charge in [0.2, 0.25) is 5.91 Å². The Kier molecular flexibility index (Phi) is 4.60. The van der Waals surface area contributed by atoms with Crippen LogP contribution in [0, 0.1) is 18.3 Å². The lowest BCUT2D eigenvalue weighted by Crippen LogP contribution is -2.40. The van der Waals surface area contributed by atoms with Crippen LogP contribution in [0.25, 0.3) is 0 Å². The molecule has 1 fully saturated rings. The summed E-state index contributed by atoms with van der Waals surface area (Å²) >= 11 is 0. The molecule has 1 heterocycles. The van der Waals surface area contributed by atoms with Crippen molar-refractivity contribution in [3.05, 3.63) is 0 Å². The van der Waals surface area contributed by atoms with E-state index in [1.807, 2.05) is 0 Å². The highest BCUT2D eigenvalue weighted by Crippen LogP contribution is 2.18. The summed E-state index contributed by atoms with van der Waals surface area (Å²) in [5.74, 6) is 2.78. The first-order valence-corrected chi connectivity index (χ1v) is 5.16. The molecular weight excluding hydrogens is 192 g/mol. The molecule has 0 saturated carbocycles. The van der Waals surface area contributed by atoms with Crippen molar-refractivity contribution in [1.82, 2.24) is 9.96 Å². The van der Waals surface area contributed by atoms with Gasteiger partial charge in [-0.2, -0.15) is 0 Å². The molecule has 0 bridgehead atoms. The molecule has 1 saturated heterocycles. The molecule has 0 N–H and O–H groups in total. The van der Waals surface area contributed by atoms with Gasteiger partial charge in [0.15, 0.2) is 0 Å². The topological polar surface area (TPSA) is 32.8 Å². The molecule has 1 amide bonds. The minimum absolute atomic E-state index is 0.0675. The number of hydroxylamine groups is 2. The predicted molar refractivity (Wildman–Crippen MR) is 57.8 cm³/mol. The van der Waals surface area contributed by atoms with Crippen molar-refractivity contribution in [1.29, 1.82) is 0 Å². The molecule has 0 unspecified atom stereocenters. The number of rotatable bonds is 3. The molecule has 0 aromatic heterocycles. The van der Waals surface area contributed by atoms with Crippen LogP contribution in [0.5, 0.6) is 0 Å². The Bertz CT molecular complexity index is 252. The van der Waals surface area contributed by atoms with E-state index in [0.29, 0.717) is 6.54 Å². The van der Waals surface area contributed by atoms with E-state index in [1.165, 1.54) is 12.2 Å². The molecule has 0 aromatic carbocycles. The number of hydrogen-bond donors (Lipinski definition) is 0. The van der Waals surface area contributed by atoms with Crippen LogP contribution in [-0.2, 0) is 9.63 Å². The van der Waals surface area contributed by atoms with E-state index < -0.39 is 0 Å². The van der Waals surface area contributed by atoms with Crippen LogP contribution in [0.1, 0.15) is 12.8 Å². The Hall–Kier alpha value is -1.05. The maximum Gasteiger partial charge on any atom is 0.249 e. The van der Waals surface area contributed by atoms with Crippen LogP contribution < -0.4 is 0 Å². The van der Waals surface area contributed by atoms with E-state index in [1.54, 1.807) is 7.05 Å². The lowest BCUT2D eigenvalue weighted by atomic mass is 9.96. The van der Waals surface area contributed by atoms with Gasteiger partial charge in [0.1, 0.15) is 0 Å². The first-order chi connectivity index (χ1) is 7.19. The van der Waals surface area contributed by atoms with Crippen LogP contribution in [0.3, 0.4) is 0 Å². The van der Waals surface area contributed by atoms with Crippen molar-refractivity contribution in [3.63, 3.8) is 0 Å². The highest BCUT2D eigenvalue weighted by atomic mass is 16.7. The lowest BCUT2D eigenvalue weighted by Gasteiger charge is -2.31. The van der Waals surface area contributed by atoms with Crippen molar-refractivity contribution in [2.45, 2.75) is 12.8 Å². The molecule has 15 heavy (non-hydrogen) atoms. The molecule has 4 nitrogen and oxygen atoms in total. The van der Waals surface area contributed by atoms with Gasteiger partial charge in [0.25, 0.3) is 0 Å². The van der Waals surface area contributed by atoms with E-state index in [0.717, 1.165) is 25.9 Å². The first-order valence-electron chi connectivity index (χ1n) is 5.16. The fourth-order valence-corrected chi connectivity index (χ4v) is 1.81. The largest absolute Gasteiger partial charge is 0.292 e. The first kappa shape index (κ1) is 12.0. The SMILES string of the molecule is C#CCN1CCC(C(=O)N(C)OC)CC1. The monoisotopic (exact) mass is 210 g/mol. The minimum atomic E-state index is 0.0675. The normalized spacial score (nSPS) is 18.5. The van der Waals surface area contributed by atoms with Gasteiger partial charge in [0, 0.05) is 13.0 Å². The van der Waals surface area contributed by atoms with Gasteiger partial charge in [-0.3, -0.25) is 14.5 Å². The summed E-state index contributed by atoms with van der Waals surface area (Å²) in [7, 11) is 3.15. The van der Waals surface area contributed by atoms with E-state index in [-0.39, 0.29) is 11.8 Å². The molecular formula is C11H18N2O2.